The maximum atomic E-state index is 11.7. The number of hydrogen-bond acceptors (Lipinski definition) is 4. The van der Waals surface area contributed by atoms with Gasteiger partial charge >= 0.3 is 5.97 Å². The molecule has 0 aliphatic heterocycles. The van der Waals surface area contributed by atoms with Gasteiger partial charge in [-0.25, -0.2) is 4.79 Å². The Morgan fingerprint density at radius 2 is 2.17 bits per heavy atom. The average Bonchev–Trinajstić information content (AvgIpc) is 2.85. The molecule has 0 spiro atoms. The van der Waals surface area contributed by atoms with Crippen molar-refractivity contribution in [3.05, 3.63) is 41.2 Å². The normalized spacial score (nSPS) is 10.1. The Bertz CT molecular complexity index is 592. The summed E-state index contributed by atoms with van der Waals surface area (Å²) in [4.78, 5) is 22.6. The van der Waals surface area contributed by atoms with Crippen molar-refractivity contribution in [1.29, 1.82) is 0 Å². The number of carboxylic acid groups (broad SMARTS) is 1. The van der Waals surface area contributed by atoms with Gasteiger partial charge in [0.15, 0.2) is 5.69 Å². The van der Waals surface area contributed by atoms with E-state index in [0.717, 1.165) is 5.56 Å². The fraction of sp³-hybridized carbons (Fsp3) is 0.0909. The Labute approximate surface area is 102 Å². The Kier molecular flexibility index (Phi) is 3.05. The van der Waals surface area contributed by atoms with E-state index in [1.165, 1.54) is 18.3 Å². The number of benzene rings is 1. The third kappa shape index (κ3) is 2.34. The van der Waals surface area contributed by atoms with Gasteiger partial charge in [0.05, 0.1) is 11.8 Å². The molecule has 0 atom stereocenters. The minimum atomic E-state index is -1.05. The van der Waals surface area contributed by atoms with Crippen LogP contribution < -0.4 is 5.32 Å². The predicted molar refractivity (Wildman–Crippen MR) is 62.5 cm³/mol. The standard InChI is InChI=1S/C11H10N4O3/c1-6-2-3-7(11(17)18)4-8(6)13-10(16)9-5-12-15-14-9/h2-5H,1H3,(H,13,16)(H,17,18)(H,12,14,15). The number of rotatable bonds is 3. The summed E-state index contributed by atoms with van der Waals surface area (Å²) in [5.41, 5.74) is 1.44. The summed E-state index contributed by atoms with van der Waals surface area (Å²) in [5.74, 6) is -1.50. The van der Waals surface area contributed by atoms with Gasteiger partial charge in [0.1, 0.15) is 0 Å². The van der Waals surface area contributed by atoms with Crippen LogP contribution in [-0.2, 0) is 0 Å². The van der Waals surface area contributed by atoms with Gasteiger partial charge < -0.3 is 10.4 Å². The highest BCUT2D eigenvalue weighted by Crippen LogP contribution is 2.17. The molecule has 0 saturated carbocycles. The summed E-state index contributed by atoms with van der Waals surface area (Å²) >= 11 is 0. The first-order chi connectivity index (χ1) is 8.58. The van der Waals surface area contributed by atoms with E-state index in [-0.39, 0.29) is 11.3 Å². The number of anilines is 1. The van der Waals surface area contributed by atoms with Crippen LogP contribution in [0.2, 0.25) is 0 Å². The molecule has 0 saturated heterocycles. The number of aromatic amines is 1. The molecule has 92 valence electrons. The van der Waals surface area contributed by atoms with Gasteiger partial charge in [0, 0.05) is 5.69 Å². The summed E-state index contributed by atoms with van der Waals surface area (Å²) < 4.78 is 0. The largest absolute Gasteiger partial charge is 0.478 e. The van der Waals surface area contributed by atoms with Crippen molar-refractivity contribution >= 4 is 17.6 Å². The maximum absolute atomic E-state index is 11.7. The second-order valence-corrected chi connectivity index (χ2v) is 3.64. The molecule has 0 bridgehead atoms. The van der Waals surface area contributed by atoms with Crippen LogP contribution in [0.4, 0.5) is 5.69 Å². The number of hydrogen-bond donors (Lipinski definition) is 3. The molecule has 0 radical (unpaired) electrons. The van der Waals surface area contributed by atoms with Crippen LogP contribution >= 0.6 is 0 Å². The Balaban J connectivity index is 2.26. The lowest BCUT2D eigenvalue weighted by Crippen LogP contribution is -2.14. The highest BCUT2D eigenvalue weighted by molar-refractivity contribution is 6.03. The third-order valence-electron chi connectivity index (χ3n) is 2.38. The SMILES string of the molecule is Cc1ccc(C(=O)O)cc1NC(=O)c1cn[nH]n1. The lowest BCUT2D eigenvalue weighted by atomic mass is 10.1. The van der Waals surface area contributed by atoms with Crippen LogP contribution in [0, 0.1) is 6.92 Å². The van der Waals surface area contributed by atoms with E-state index in [9.17, 15) is 9.59 Å². The Morgan fingerprint density at radius 3 is 2.78 bits per heavy atom. The van der Waals surface area contributed by atoms with Crippen LogP contribution in [-0.4, -0.2) is 32.4 Å². The zero-order valence-electron chi connectivity index (χ0n) is 9.47. The number of aromatic nitrogens is 3. The quantitative estimate of drug-likeness (QED) is 0.750. The second-order valence-electron chi connectivity index (χ2n) is 3.64. The molecule has 7 nitrogen and oxygen atoms in total. The molecule has 18 heavy (non-hydrogen) atoms. The number of aryl methyl sites for hydroxylation is 1. The first-order valence-electron chi connectivity index (χ1n) is 5.09. The van der Waals surface area contributed by atoms with Crippen molar-refractivity contribution in [2.75, 3.05) is 5.32 Å². The molecule has 1 heterocycles. The molecular weight excluding hydrogens is 236 g/mol. The first kappa shape index (κ1) is 11.8. The van der Waals surface area contributed by atoms with Crippen LogP contribution in [0.15, 0.2) is 24.4 Å². The average molecular weight is 246 g/mol. The molecule has 1 aromatic heterocycles. The molecule has 0 unspecified atom stereocenters. The zero-order chi connectivity index (χ0) is 13.1. The van der Waals surface area contributed by atoms with Crippen molar-refractivity contribution in [3.8, 4) is 0 Å². The fourth-order valence-electron chi connectivity index (χ4n) is 1.39. The number of carbonyl (C=O) groups excluding carboxylic acids is 1. The molecule has 1 aromatic carbocycles. The van der Waals surface area contributed by atoms with Crippen LogP contribution in [0.25, 0.3) is 0 Å². The second kappa shape index (κ2) is 4.66. The van der Waals surface area contributed by atoms with Gasteiger partial charge in [-0.15, -0.1) is 0 Å². The Morgan fingerprint density at radius 1 is 1.39 bits per heavy atom. The molecule has 7 heteroatoms. The third-order valence-corrected chi connectivity index (χ3v) is 2.38. The number of carboxylic acids is 1. The molecule has 0 aliphatic rings. The number of nitrogens with zero attached hydrogens (tertiary/aromatic N) is 2. The summed E-state index contributed by atoms with van der Waals surface area (Å²) in [5, 5.41) is 20.9. The van der Waals surface area contributed by atoms with E-state index in [1.807, 2.05) is 0 Å². The lowest BCUT2D eigenvalue weighted by molar-refractivity contribution is 0.0696. The number of amides is 1. The number of carbonyl (C=O) groups is 2. The molecule has 1 amide bonds. The minimum absolute atomic E-state index is 0.107. The number of aromatic carboxylic acids is 1. The Hall–Kier alpha value is -2.70. The molecule has 2 rings (SSSR count). The van der Waals surface area contributed by atoms with Gasteiger partial charge in [-0.3, -0.25) is 4.79 Å². The van der Waals surface area contributed by atoms with Crippen molar-refractivity contribution in [1.82, 2.24) is 15.4 Å². The monoisotopic (exact) mass is 246 g/mol. The van der Waals surface area contributed by atoms with Gasteiger partial charge in [-0.2, -0.15) is 15.4 Å². The summed E-state index contributed by atoms with van der Waals surface area (Å²) in [7, 11) is 0. The highest BCUT2D eigenvalue weighted by atomic mass is 16.4. The van der Waals surface area contributed by atoms with E-state index >= 15 is 0 Å². The smallest absolute Gasteiger partial charge is 0.335 e. The van der Waals surface area contributed by atoms with Crippen molar-refractivity contribution in [3.63, 3.8) is 0 Å². The van der Waals surface area contributed by atoms with E-state index in [1.54, 1.807) is 13.0 Å². The van der Waals surface area contributed by atoms with Gasteiger partial charge in [0.25, 0.3) is 5.91 Å². The van der Waals surface area contributed by atoms with Crippen molar-refractivity contribution in [2.24, 2.45) is 0 Å². The summed E-state index contributed by atoms with van der Waals surface area (Å²) in [6.45, 7) is 1.77. The summed E-state index contributed by atoms with van der Waals surface area (Å²) in [6, 6.07) is 4.50. The molecular formula is C11H10N4O3. The van der Waals surface area contributed by atoms with Crippen molar-refractivity contribution in [2.45, 2.75) is 6.92 Å². The van der Waals surface area contributed by atoms with E-state index in [2.05, 4.69) is 20.7 Å². The van der Waals surface area contributed by atoms with E-state index < -0.39 is 11.9 Å². The molecule has 0 fully saturated rings. The predicted octanol–water partition coefficient (Wildman–Crippen LogP) is 1.06. The minimum Gasteiger partial charge on any atom is -0.478 e. The van der Waals surface area contributed by atoms with Crippen LogP contribution in [0.1, 0.15) is 26.4 Å². The lowest BCUT2D eigenvalue weighted by Gasteiger charge is -2.07. The zero-order valence-corrected chi connectivity index (χ0v) is 9.47. The first-order valence-corrected chi connectivity index (χ1v) is 5.09. The number of H-pyrrole nitrogens is 1. The topological polar surface area (TPSA) is 108 Å². The van der Waals surface area contributed by atoms with Gasteiger partial charge in [0.2, 0.25) is 0 Å². The molecule has 3 N–H and O–H groups in total. The van der Waals surface area contributed by atoms with Crippen LogP contribution in [0.3, 0.4) is 0 Å². The highest BCUT2D eigenvalue weighted by Gasteiger charge is 2.12. The van der Waals surface area contributed by atoms with E-state index in [0.29, 0.717) is 5.69 Å². The molecule has 0 aliphatic carbocycles. The number of nitrogens with one attached hydrogen (secondary N) is 2. The summed E-state index contributed by atoms with van der Waals surface area (Å²) in [6.07, 6.45) is 1.28. The van der Waals surface area contributed by atoms with Crippen molar-refractivity contribution < 1.29 is 14.7 Å². The van der Waals surface area contributed by atoms with Gasteiger partial charge in [-0.05, 0) is 24.6 Å². The fourth-order valence-corrected chi connectivity index (χ4v) is 1.39. The molecule has 2 aromatic rings. The van der Waals surface area contributed by atoms with Gasteiger partial charge in [-0.1, -0.05) is 6.07 Å². The van der Waals surface area contributed by atoms with E-state index in [4.69, 9.17) is 5.11 Å². The van der Waals surface area contributed by atoms with Crippen LogP contribution in [0.5, 0.6) is 0 Å². The maximum Gasteiger partial charge on any atom is 0.335 e.